The smallest absolute Gasteiger partial charge is 0.303 e. The summed E-state index contributed by atoms with van der Waals surface area (Å²) >= 11 is 0. The Kier molecular flexibility index (Phi) is 4.99. The van der Waals surface area contributed by atoms with Gasteiger partial charge < -0.3 is 5.11 Å². The number of carbonyl (C=O) groups is 1. The van der Waals surface area contributed by atoms with Crippen molar-refractivity contribution in [1.29, 1.82) is 0 Å². The molecule has 1 aliphatic rings. The molecule has 2 aromatic rings. The summed E-state index contributed by atoms with van der Waals surface area (Å²) in [5, 5.41) is 9.89. The Hall–Kier alpha value is -2.08. The van der Waals surface area contributed by atoms with Crippen molar-refractivity contribution in [2.75, 3.05) is 13.1 Å². The Morgan fingerprint density at radius 1 is 1.32 bits per heavy atom. The van der Waals surface area contributed by atoms with Crippen LogP contribution in [-0.2, 0) is 11.3 Å². The van der Waals surface area contributed by atoms with Gasteiger partial charge in [-0.25, -0.2) is 8.78 Å². The highest BCUT2D eigenvalue weighted by Crippen LogP contribution is 2.36. The fourth-order valence-corrected chi connectivity index (χ4v) is 3.43. The van der Waals surface area contributed by atoms with E-state index in [1.165, 1.54) is 0 Å². The van der Waals surface area contributed by atoms with Gasteiger partial charge in [-0.05, 0) is 43.7 Å². The molecule has 25 heavy (non-hydrogen) atoms. The number of nitrogens with zero attached hydrogens (tertiary/aromatic N) is 2. The molecule has 0 amide bonds. The van der Waals surface area contributed by atoms with E-state index in [4.69, 9.17) is 5.11 Å². The van der Waals surface area contributed by atoms with Gasteiger partial charge in [0.1, 0.15) is 0 Å². The molecular formula is C19H22F2N2O2. The van der Waals surface area contributed by atoms with Gasteiger partial charge >= 0.3 is 5.97 Å². The van der Waals surface area contributed by atoms with Crippen molar-refractivity contribution in [2.45, 2.75) is 38.7 Å². The highest BCUT2D eigenvalue weighted by Gasteiger charge is 2.42. The van der Waals surface area contributed by atoms with E-state index in [-0.39, 0.29) is 19.4 Å². The topological polar surface area (TPSA) is 53.4 Å². The maximum atomic E-state index is 14.1. The Morgan fingerprint density at radius 3 is 2.88 bits per heavy atom. The van der Waals surface area contributed by atoms with Crippen molar-refractivity contribution in [1.82, 2.24) is 9.88 Å². The van der Waals surface area contributed by atoms with Crippen molar-refractivity contribution in [2.24, 2.45) is 5.92 Å². The molecule has 3 rings (SSSR count). The van der Waals surface area contributed by atoms with Crippen molar-refractivity contribution in [3.63, 3.8) is 0 Å². The summed E-state index contributed by atoms with van der Waals surface area (Å²) in [6.07, 6.45) is -0.561. The third-order valence-corrected chi connectivity index (χ3v) is 4.87. The van der Waals surface area contributed by atoms with E-state index >= 15 is 0 Å². The van der Waals surface area contributed by atoms with Crippen LogP contribution in [0.2, 0.25) is 0 Å². The molecule has 1 N–H and O–H groups in total. The number of hydrogen-bond donors (Lipinski definition) is 1. The fraction of sp³-hybridized carbons (Fsp3) is 0.474. The zero-order valence-corrected chi connectivity index (χ0v) is 14.2. The van der Waals surface area contributed by atoms with E-state index < -0.39 is 24.2 Å². The SMILES string of the molecule is Cc1ccc2cc(CN3CCC(CC(=O)O)C(F)(F)CC3)ccc2n1. The highest BCUT2D eigenvalue weighted by atomic mass is 19.3. The van der Waals surface area contributed by atoms with Crippen LogP contribution in [0.5, 0.6) is 0 Å². The number of fused-ring (bicyclic) bond motifs is 1. The standard InChI is InChI=1S/C19H22F2N2O2/c1-13-2-4-15-10-14(3-5-17(15)22-13)12-23-8-6-16(11-18(24)25)19(20,21)7-9-23/h2-5,10,16H,6-9,11-12H2,1H3,(H,24,25). The van der Waals surface area contributed by atoms with Crippen LogP contribution >= 0.6 is 0 Å². The molecule has 0 radical (unpaired) electrons. The molecule has 1 atom stereocenters. The van der Waals surface area contributed by atoms with Crippen LogP contribution in [0.3, 0.4) is 0 Å². The Bertz CT molecular complexity index is 779. The lowest BCUT2D eigenvalue weighted by Crippen LogP contribution is -2.30. The first-order valence-corrected chi connectivity index (χ1v) is 8.52. The van der Waals surface area contributed by atoms with Gasteiger partial charge in [-0.15, -0.1) is 0 Å². The largest absolute Gasteiger partial charge is 0.481 e. The monoisotopic (exact) mass is 348 g/mol. The lowest BCUT2D eigenvalue weighted by atomic mass is 9.93. The lowest BCUT2D eigenvalue weighted by Gasteiger charge is -2.22. The molecular weight excluding hydrogens is 326 g/mol. The first-order chi connectivity index (χ1) is 11.8. The molecule has 0 saturated carbocycles. The second-order valence-electron chi connectivity index (χ2n) is 6.85. The molecule has 1 aliphatic heterocycles. The van der Waals surface area contributed by atoms with E-state index in [9.17, 15) is 13.6 Å². The summed E-state index contributed by atoms with van der Waals surface area (Å²) in [5.74, 6) is -5.16. The van der Waals surface area contributed by atoms with Crippen molar-refractivity contribution in [3.05, 3.63) is 41.6 Å². The van der Waals surface area contributed by atoms with Gasteiger partial charge in [0.15, 0.2) is 0 Å². The van der Waals surface area contributed by atoms with E-state index in [0.717, 1.165) is 22.2 Å². The van der Waals surface area contributed by atoms with Gasteiger partial charge in [-0.3, -0.25) is 14.7 Å². The molecule has 1 fully saturated rings. The van der Waals surface area contributed by atoms with E-state index in [1.807, 2.05) is 42.2 Å². The zero-order valence-electron chi connectivity index (χ0n) is 14.2. The van der Waals surface area contributed by atoms with Gasteiger partial charge in [0.25, 0.3) is 5.92 Å². The van der Waals surface area contributed by atoms with Crippen LogP contribution in [0.4, 0.5) is 8.78 Å². The summed E-state index contributed by atoms with van der Waals surface area (Å²) in [4.78, 5) is 17.3. The molecule has 6 heteroatoms. The molecule has 0 spiro atoms. The van der Waals surface area contributed by atoms with Crippen molar-refractivity contribution < 1.29 is 18.7 Å². The van der Waals surface area contributed by atoms with E-state index in [0.29, 0.717) is 13.1 Å². The molecule has 1 saturated heterocycles. The van der Waals surface area contributed by atoms with Gasteiger partial charge in [0.2, 0.25) is 0 Å². The number of aryl methyl sites for hydroxylation is 1. The molecule has 1 unspecified atom stereocenters. The average Bonchev–Trinajstić information content (AvgIpc) is 2.68. The second kappa shape index (κ2) is 7.04. The van der Waals surface area contributed by atoms with Gasteiger partial charge in [-0.2, -0.15) is 0 Å². The van der Waals surface area contributed by atoms with Gasteiger partial charge in [-0.1, -0.05) is 12.1 Å². The van der Waals surface area contributed by atoms with E-state index in [2.05, 4.69) is 4.98 Å². The minimum Gasteiger partial charge on any atom is -0.481 e. The third-order valence-electron chi connectivity index (χ3n) is 4.87. The number of benzene rings is 1. The van der Waals surface area contributed by atoms with Crippen LogP contribution in [0.1, 0.15) is 30.5 Å². The maximum absolute atomic E-state index is 14.1. The number of rotatable bonds is 4. The summed E-state index contributed by atoms with van der Waals surface area (Å²) in [7, 11) is 0. The summed E-state index contributed by atoms with van der Waals surface area (Å²) < 4.78 is 28.3. The molecule has 0 aliphatic carbocycles. The fourth-order valence-electron chi connectivity index (χ4n) is 3.43. The number of hydrogen-bond acceptors (Lipinski definition) is 3. The number of aliphatic carboxylic acids is 1. The molecule has 1 aromatic carbocycles. The van der Waals surface area contributed by atoms with Crippen molar-refractivity contribution in [3.8, 4) is 0 Å². The number of alkyl halides is 2. The highest BCUT2D eigenvalue weighted by molar-refractivity contribution is 5.79. The molecule has 1 aromatic heterocycles. The van der Waals surface area contributed by atoms with Gasteiger partial charge in [0, 0.05) is 36.5 Å². The summed E-state index contributed by atoms with van der Waals surface area (Å²) in [5.41, 5.74) is 2.94. The predicted molar refractivity (Wildman–Crippen MR) is 91.7 cm³/mol. The first-order valence-electron chi connectivity index (χ1n) is 8.52. The minimum atomic E-state index is -2.92. The zero-order chi connectivity index (χ0) is 18.0. The number of pyridine rings is 1. The quantitative estimate of drug-likeness (QED) is 0.911. The minimum absolute atomic E-state index is 0.202. The number of carboxylic acid groups (broad SMARTS) is 1. The van der Waals surface area contributed by atoms with Crippen LogP contribution in [-0.4, -0.2) is 40.0 Å². The summed E-state index contributed by atoms with van der Waals surface area (Å²) in [6, 6.07) is 9.94. The Labute approximate surface area is 145 Å². The van der Waals surface area contributed by atoms with E-state index in [1.54, 1.807) is 0 Å². The predicted octanol–water partition coefficient (Wildman–Crippen LogP) is 3.87. The number of halogens is 2. The molecule has 0 bridgehead atoms. The average molecular weight is 348 g/mol. The maximum Gasteiger partial charge on any atom is 0.303 e. The second-order valence-corrected chi connectivity index (χ2v) is 6.85. The number of carboxylic acids is 1. The third kappa shape index (κ3) is 4.31. The summed E-state index contributed by atoms with van der Waals surface area (Å²) in [6.45, 7) is 3.28. The molecule has 4 nitrogen and oxygen atoms in total. The first kappa shape index (κ1) is 17.7. The van der Waals surface area contributed by atoms with Gasteiger partial charge in [0.05, 0.1) is 11.9 Å². The normalized spacial score (nSPS) is 21.2. The molecule has 134 valence electrons. The van der Waals surface area contributed by atoms with Crippen LogP contribution in [0.25, 0.3) is 10.9 Å². The number of likely N-dealkylation sites (tertiary alicyclic amines) is 1. The van der Waals surface area contributed by atoms with Crippen LogP contribution in [0.15, 0.2) is 30.3 Å². The molecule has 2 heterocycles. The van der Waals surface area contributed by atoms with Crippen LogP contribution < -0.4 is 0 Å². The Morgan fingerprint density at radius 2 is 2.12 bits per heavy atom. The van der Waals surface area contributed by atoms with Crippen LogP contribution in [0, 0.1) is 12.8 Å². The Balaban J connectivity index is 1.71. The number of aromatic nitrogens is 1. The lowest BCUT2D eigenvalue weighted by molar-refractivity contribution is -0.143. The van der Waals surface area contributed by atoms with Crippen molar-refractivity contribution >= 4 is 16.9 Å².